The number of rotatable bonds is 9. The lowest BCUT2D eigenvalue weighted by atomic mass is 9.98. The summed E-state index contributed by atoms with van der Waals surface area (Å²) in [4.78, 5) is 17.8. The van der Waals surface area contributed by atoms with E-state index in [0.29, 0.717) is 36.1 Å². The van der Waals surface area contributed by atoms with Gasteiger partial charge in [-0.15, -0.1) is 0 Å². The van der Waals surface area contributed by atoms with E-state index in [9.17, 15) is 9.90 Å². The molecule has 1 unspecified atom stereocenters. The first kappa shape index (κ1) is 25.0. The van der Waals surface area contributed by atoms with E-state index in [1.807, 2.05) is 36.4 Å². The number of benzene rings is 2. The first-order chi connectivity index (χ1) is 18.0. The van der Waals surface area contributed by atoms with Gasteiger partial charge in [0.25, 0.3) is 0 Å². The molecule has 1 fully saturated rings. The maximum atomic E-state index is 11.2. The topological polar surface area (TPSA) is 108 Å². The van der Waals surface area contributed by atoms with E-state index in [2.05, 4.69) is 27.3 Å². The predicted octanol–water partition coefficient (Wildman–Crippen LogP) is 4.38. The molecule has 3 heterocycles. The number of ether oxygens (including phenoxy) is 1. The van der Waals surface area contributed by atoms with Gasteiger partial charge in [-0.25, -0.2) is 9.78 Å². The van der Waals surface area contributed by atoms with Gasteiger partial charge in [-0.3, -0.25) is 0 Å². The molecule has 1 aliphatic heterocycles. The van der Waals surface area contributed by atoms with Crippen molar-refractivity contribution in [3.8, 4) is 5.88 Å². The third-order valence-electron chi connectivity index (χ3n) is 6.93. The normalized spacial score (nSPS) is 16.1. The van der Waals surface area contributed by atoms with Gasteiger partial charge in [0.15, 0.2) is 0 Å². The molecule has 2 aromatic carbocycles. The molecule has 0 radical (unpaired) electrons. The van der Waals surface area contributed by atoms with Gasteiger partial charge in [0.2, 0.25) is 5.88 Å². The standard InChI is InChI=1S/C29H31N3O5/c1-36-27-10-9-23-19(7-11-28(34)35)6-8-24(29(23)31-27)25(33)18-32-14-12-21(13-15-32)30-17-22-16-20-4-2-3-5-26(20)37-22/h2-11,16,21,25,30,33H,12-15,17-18H2,1H3,(H,34,35)/b11-7+. The zero-order chi connectivity index (χ0) is 25.8. The van der Waals surface area contributed by atoms with Crippen LogP contribution >= 0.6 is 0 Å². The van der Waals surface area contributed by atoms with Gasteiger partial charge in [-0.05, 0) is 55.8 Å². The van der Waals surface area contributed by atoms with Crippen LogP contribution < -0.4 is 10.1 Å². The first-order valence-corrected chi connectivity index (χ1v) is 12.5. The molecule has 0 amide bonds. The van der Waals surface area contributed by atoms with Gasteiger partial charge in [-0.2, -0.15) is 0 Å². The molecule has 0 saturated carbocycles. The summed E-state index contributed by atoms with van der Waals surface area (Å²) in [5.41, 5.74) is 2.95. The number of pyridine rings is 1. The van der Waals surface area contributed by atoms with Crippen molar-refractivity contribution < 1.29 is 24.2 Å². The molecule has 3 N–H and O–H groups in total. The van der Waals surface area contributed by atoms with E-state index in [-0.39, 0.29) is 0 Å². The van der Waals surface area contributed by atoms with Crippen molar-refractivity contribution in [2.24, 2.45) is 0 Å². The number of methoxy groups -OCH3 is 1. The van der Waals surface area contributed by atoms with E-state index in [0.717, 1.165) is 59.7 Å². The minimum Gasteiger partial charge on any atom is -0.481 e. The molecule has 8 nitrogen and oxygen atoms in total. The van der Waals surface area contributed by atoms with Crippen LogP contribution in [-0.4, -0.2) is 58.9 Å². The van der Waals surface area contributed by atoms with Crippen LogP contribution in [0.4, 0.5) is 0 Å². The van der Waals surface area contributed by atoms with E-state index >= 15 is 0 Å². The number of carboxylic acids is 1. The third-order valence-corrected chi connectivity index (χ3v) is 6.93. The zero-order valence-corrected chi connectivity index (χ0v) is 20.8. The fourth-order valence-corrected chi connectivity index (χ4v) is 4.96. The number of carbonyl (C=O) groups is 1. The fraction of sp³-hybridized carbons (Fsp3) is 0.310. The molecule has 1 saturated heterocycles. The highest BCUT2D eigenvalue weighted by molar-refractivity contribution is 5.94. The van der Waals surface area contributed by atoms with Crippen molar-refractivity contribution in [3.63, 3.8) is 0 Å². The average molecular weight is 502 g/mol. The Kier molecular flexibility index (Phi) is 7.50. The first-order valence-electron chi connectivity index (χ1n) is 12.5. The van der Waals surface area contributed by atoms with Crippen molar-refractivity contribution in [1.29, 1.82) is 0 Å². The summed E-state index contributed by atoms with van der Waals surface area (Å²) in [5, 5.41) is 25.7. The SMILES string of the molecule is COc1ccc2c(/C=C/C(=O)O)ccc(C(O)CN3CCC(NCc4cc5ccccc5o4)CC3)c2n1. The number of aliphatic carboxylic acids is 1. The molecular weight excluding hydrogens is 470 g/mol. The van der Waals surface area contributed by atoms with Crippen LogP contribution in [0, 0.1) is 0 Å². The molecule has 192 valence electrons. The Hall–Kier alpha value is -3.72. The van der Waals surface area contributed by atoms with Crippen LogP contribution in [0.5, 0.6) is 5.88 Å². The Balaban J connectivity index is 1.21. The third kappa shape index (κ3) is 5.83. The summed E-state index contributed by atoms with van der Waals surface area (Å²) in [6, 6.07) is 17.7. The number of fused-ring (bicyclic) bond motifs is 2. The van der Waals surface area contributed by atoms with E-state index in [1.165, 1.54) is 6.08 Å². The minimum atomic E-state index is -1.02. The number of carboxylic acid groups (broad SMARTS) is 1. The van der Waals surface area contributed by atoms with Gasteiger partial charge in [-0.1, -0.05) is 30.3 Å². The van der Waals surface area contributed by atoms with Crippen LogP contribution in [0.25, 0.3) is 27.9 Å². The number of aliphatic hydroxyl groups is 1. The number of furan rings is 1. The number of β-amino-alcohol motifs (C(OH)–C–C–N with tert-alkyl or cyclic N) is 1. The molecule has 37 heavy (non-hydrogen) atoms. The smallest absolute Gasteiger partial charge is 0.328 e. The lowest BCUT2D eigenvalue weighted by Gasteiger charge is -2.33. The van der Waals surface area contributed by atoms with Gasteiger partial charge in [0.1, 0.15) is 11.3 Å². The number of para-hydroxylation sites is 1. The van der Waals surface area contributed by atoms with Crippen molar-refractivity contribution in [3.05, 3.63) is 77.6 Å². The van der Waals surface area contributed by atoms with Crippen molar-refractivity contribution in [2.75, 3.05) is 26.7 Å². The van der Waals surface area contributed by atoms with Crippen LogP contribution in [-0.2, 0) is 11.3 Å². The number of piperidine rings is 1. The largest absolute Gasteiger partial charge is 0.481 e. The lowest BCUT2D eigenvalue weighted by Crippen LogP contribution is -2.43. The van der Waals surface area contributed by atoms with E-state index < -0.39 is 12.1 Å². The van der Waals surface area contributed by atoms with Gasteiger partial charge in [0.05, 0.1) is 25.3 Å². The lowest BCUT2D eigenvalue weighted by molar-refractivity contribution is -0.131. The van der Waals surface area contributed by atoms with Crippen molar-refractivity contribution >= 4 is 33.9 Å². The molecule has 1 atom stereocenters. The highest BCUT2D eigenvalue weighted by Crippen LogP contribution is 2.30. The van der Waals surface area contributed by atoms with Gasteiger partial charge in [0, 0.05) is 41.1 Å². The quantitative estimate of drug-likeness (QED) is 0.290. The average Bonchev–Trinajstić information content (AvgIpc) is 3.34. The molecular formula is C29H31N3O5. The van der Waals surface area contributed by atoms with Gasteiger partial charge >= 0.3 is 5.97 Å². The maximum absolute atomic E-state index is 11.2. The molecule has 0 spiro atoms. The molecule has 2 aromatic heterocycles. The predicted molar refractivity (Wildman–Crippen MR) is 142 cm³/mol. The second-order valence-corrected chi connectivity index (χ2v) is 9.39. The summed E-state index contributed by atoms with van der Waals surface area (Å²) in [7, 11) is 1.55. The Labute approximate surface area is 215 Å². The number of likely N-dealkylation sites (tertiary alicyclic amines) is 1. The number of aliphatic hydroxyl groups excluding tert-OH is 1. The molecule has 4 aromatic rings. The molecule has 8 heteroatoms. The zero-order valence-electron chi connectivity index (χ0n) is 20.8. The Bertz CT molecular complexity index is 1390. The van der Waals surface area contributed by atoms with Crippen LogP contribution in [0.1, 0.15) is 35.8 Å². The monoisotopic (exact) mass is 501 g/mol. The summed E-state index contributed by atoms with van der Waals surface area (Å²) in [6.45, 7) is 2.95. The summed E-state index contributed by atoms with van der Waals surface area (Å²) < 4.78 is 11.2. The highest BCUT2D eigenvalue weighted by atomic mass is 16.5. The molecule has 0 bridgehead atoms. The number of aromatic nitrogens is 1. The second-order valence-electron chi connectivity index (χ2n) is 9.39. The maximum Gasteiger partial charge on any atom is 0.328 e. The summed E-state index contributed by atoms with van der Waals surface area (Å²) in [5.74, 6) is 0.362. The Morgan fingerprint density at radius 2 is 2.03 bits per heavy atom. The molecule has 0 aliphatic carbocycles. The van der Waals surface area contributed by atoms with Crippen LogP contribution in [0.2, 0.25) is 0 Å². The van der Waals surface area contributed by atoms with E-state index in [1.54, 1.807) is 13.2 Å². The Morgan fingerprint density at radius 3 is 2.78 bits per heavy atom. The number of nitrogens with zero attached hydrogens (tertiary/aromatic N) is 2. The molecule has 5 rings (SSSR count). The molecule has 1 aliphatic rings. The number of nitrogens with one attached hydrogen (secondary N) is 1. The minimum absolute atomic E-state index is 0.397. The number of hydrogen-bond donors (Lipinski definition) is 3. The van der Waals surface area contributed by atoms with Crippen LogP contribution in [0.3, 0.4) is 0 Å². The van der Waals surface area contributed by atoms with Crippen molar-refractivity contribution in [1.82, 2.24) is 15.2 Å². The summed E-state index contributed by atoms with van der Waals surface area (Å²) in [6.07, 6.45) is 3.87. The number of hydrogen-bond acceptors (Lipinski definition) is 7. The highest BCUT2D eigenvalue weighted by Gasteiger charge is 2.23. The Morgan fingerprint density at radius 1 is 1.22 bits per heavy atom. The summed E-state index contributed by atoms with van der Waals surface area (Å²) >= 11 is 0. The van der Waals surface area contributed by atoms with Gasteiger partial charge < -0.3 is 29.6 Å². The van der Waals surface area contributed by atoms with Crippen molar-refractivity contribution in [2.45, 2.75) is 31.5 Å². The van der Waals surface area contributed by atoms with E-state index in [4.69, 9.17) is 14.3 Å². The van der Waals surface area contributed by atoms with Crippen LogP contribution in [0.15, 0.2) is 65.1 Å². The second kappa shape index (κ2) is 11.1. The fourth-order valence-electron chi connectivity index (χ4n) is 4.96.